The molecule has 0 bridgehead atoms. The van der Waals surface area contributed by atoms with Gasteiger partial charge in [-0.15, -0.1) is 0 Å². The van der Waals surface area contributed by atoms with Gasteiger partial charge in [-0.1, -0.05) is 59.1 Å². The molecule has 3 aromatic carbocycles. The molecule has 202 valence electrons. The molecule has 0 radical (unpaired) electrons. The fraction of sp³-hybridized carbons (Fsp3) is 0.286. The van der Waals surface area contributed by atoms with Gasteiger partial charge in [0, 0.05) is 13.1 Å². The smallest absolute Gasteiger partial charge is 0.264 e. The quantitative estimate of drug-likeness (QED) is 0.352. The number of amides is 2. The van der Waals surface area contributed by atoms with Crippen molar-refractivity contribution in [3.8, 4) is 0 Å². The maximum Gasteiger partial charge on any atom is 0.264 e. The van der Waals surface area contributed by atoms with Gasteiger partial charge in [0.15, 0.2) is 0 Å². The van der Waals surface area contributed by atoms with Crippen molar-refractivity contribution in [2.24, 2.45) is 0 Å². The van der Waals surface area contributed by atoms with Gasteiger partial charge in [-0.2, -0.15) is 0 Å². The van der Waals surface area contributed by atoms with Gasteiger partial charge >= 0.3 is 0 Å². The Bertz CT molecular complexity index is 1410. The Labute approximate surface area is 234 Å². The Kier molecular flexibility index (Phi) is 9.82. The molecule has 38 heavy (non-hydrogen) atoms. The summed E-state index contributed by atoms with van der Waals surface area (Å²) >= 11 is 12.2. The van der Waals surface area contributed by atoms with Crippen molar-refractivity contribution in [3.05, 3.63) is 93.5 Å². The first-order valence-electron chi connectivity index (χ1n) is 12.1. The number of carbonyl (C=O) groups excluding carboxylic acids is 2. The van der Waals surface area contributed by atoms with Crippen molar-refractivity contribution in [2.75, 3.05) is 17.4 Å². The van der Waals surface area contributed by atoms with Crippen LogP contribution in [0.4, 0.5) is 5.69 Å². The zero-order valence-electron chi connectivity index (χ0n) is 21.7. The van der Waals surface area contributed by atoms with Crippen LogP contribution in [0.5, 0.6) is 0 Å². The monoisotopic (exact) mass is 575 g/mol. The van der Waals surface area contributed by atoms with Gasteiger partial charge in [-0.05, 0) is 75.2 Å². The van der Waals surface area contributed by atoms with Crippen LogP contribution in [0.15, 0.2) is 71.6 Å². The molecule has 1 unspecified atom stereocenters. The van der Waals surface area contributed by atoms with Crippen LogP contribution in [0.25, 0.3) is 0 Å². The first kappa shape index (κ1) is 29.5. The van der Waals surface area contributed by atoms with Gasteiger partial charge < -0.3 is 10.2 Å². The molecule has 10 heteroatoms. The fourth-order valence-corrected chi connectivity index (χ4v) is 5.62. The maximum atomic E-state index is 13.8. The molecule has 0 aliphatic heterocycles. The Morgan fingerprint density at radius 2 is 1.61 bits per heavy atom. The van der Waals surface area contributed by atoms with Gasteiger partial charge in [-0.25, -0.2) is 8.42 Å². The summed E-state index contributed by atoms with van der Waals surface area (Å²) in [6.07, 6.45) is 0. The van der Waals surface area contributed by atoms with E-state index in [0.717, 1.165) is 15.4 Å². The van der Waals surface area contributed by atoms with Crippen molar-refractivity contribution < 1.29 is 18.0 Å². The standard InChI is InChI=1S/C28H31Cl2N3O4S/c1-5-31-28(35)21(4)32(17-22-11-14-25(29)26(30)16-22)27(34)18-33(23-8-6-7-20(3)15-23)38(36,37)24-12-9-19(2)10-13-24/h6-16,21H,5,17-18H2,1-4H3,(H,31,35). The van der Waals surface area contributed by atoms with E-state index in [0.29, 0.717) is 27.8 Å². The third-order valence-electron chi connectivity index (χ3n) is 6.03. The fourth-order valence-electron chi connectivity index (χ4n) is 3.89. The van der Waals surface area contributed by atoms with Crippen molar-refractivity contribution in [1.82, 2.24) is 10.2 Å². The molecule has 3 aromatic rings. The number of anilines is 1. The molecule has 0 spiro atoms. The number of rotatable bonds is 10. The Balaban J connectivity index is 2.04. The van der Waals surface area contributed by atoms with Crippen LogP contribution in [0, 0.1) is 13.8 Å². The van der Waals surface area contributed by atoms with E-state index < -0.39 is 28.5 Å². The number of benzene rings is 3. The molecule has 0 aromatic heterocycles. The van der Waals surface area contributed by atoms with E-state index in [1.807, 2.05) is 19.9 Å². The summed E-state index contributed by atoms with van der Waals surface area (Å²) in [6, 6.07) is 17.4. The normalized spacial score (nSPS) is 12.1. The predicted octanol–water partition coefficient (Wildman–Crippen LogP) is 5.36. The zero-order chi connectivity index (χ0) is 28.0. The topological polar surface area (TPSA) is 86.8 Å². The number of sulfonamides is 1. The lowest BCUT2D eigenvalue weighted by atomic mass is 10.1. The van der Waals surface area contributed by atoms with Crippen LogP contribution in [0.2, 0.25) is 10.0 Å². The molecule has 0 fully saturated rings. The third-order valence-corrected chi connectivity index (χ3v) is 8.56. The van der Waals surface area contributed by atoms with Crippen LogP contribution in [-0.2, 0) is 26.2 Å². The van der Waals surface area contributed by atoms with Crippen LogP contribution in [-0.4, -0.2) is 44.3 Å². The van der Waals surface area contributed by atoms with Crippen molar-refractivity contribution in [2.45, 2.75) is 45.2 Å². The number of aryl methyl sites for hydroxylation is 2. The molecule has 0 aliphatic rings. The number of carbonyl (C=O) groups is 2. The highest BCUT2D eigenvalue weighted by molar-refractivity contribution is 7.92. The zero-order valence-corrected chi connectivity index (χ0v) is 24.1. The van der Waals surface area contributed by atoms with Crippen molar-refractivity contribution in [3.63, 3.8) is 0 Å². The van der Waals surface area contributed by atoms with E-state index in [1.165, 1.54) is 17.0 Å². The lowest BCUT2D eigenvalue weighted by molar-refractivity contribution is -0.139. The molecule has 1 N–H and O–H groups in total. The average molecular weight is 577 g/mol. The Morgan fingerprint density at radius 3 is 2.21 bits per heavy atom. The average Bonchev–Trinajstić information content (AvgIpc) is 2.87. The van der Waals surface area contributed by atoms with Gasteiger partial charge in [0.1, 0.15) is 12.6 Å². The van der Waals surface area contributed by atoms with Crippen molar-refractivity contribution >= 4 is 50.7 Å². The SMILES string of the molecule is CCNC(=O)C(C)N(Cc1ccc(Cl)c(Cl)c1)C(=O)CN(c1cccc(C)c1)S(=O)(=O)c1ccc(C)cc1. The molecule has 0 heterocycles. The maximum absolute atomic E-state index is 13.8. The summed E-state index contributed by atoms with van der Waals surface area (Å²) < 4.78 is 28.7. The first-order chi connectivity index (χ1) is 17.9. The highest BCUT2D eigenvalue weighted by Crippen LogP contribution is 2.27. The molecule has 3 rings (SSSR count). The van der Waals surface area contributed by atoms with Crippen LogP contribution >= 0.6 is 23.2 Å². The van der Waals surface area contributed by atoms with E-state index in [-0.39, 0.29) is 17.3 Å². The molecular weight excluding hydrogens is 545 g/mol. The second-order valence-corrected chi connectivity index (χ2v) is 11.7. The summed E-state index contributed by atoms with van der Waals surface area (Å²) in [6.45, 7) is 6.99. The van der Waals surface area contributed by atoms with Crippen molar-refractivity contribution in [1.29, 1.82) is 0 Å². The van der Waals surface area contributed by atoms with Gasteiger partial charge in [0.25, 0.3) is 10.0 Å². The van der Waals surface area contributed by atoms with Crippen LogP contribution < -0.4 is 9.62 Å². The van der Waals surface area contributed by atoms with Gasteiger partial charge in [0.2, 0.25) is 11.8 Å². The lowest BCUT2D eigenvalue weighted by Gasteiger charge is -2.32. The summed E-state index contributed by atoms with van der Waals surface area (Å²) in [4.78, 5) is 28.0. The van der Waals surface area contributed by atoms with Crippen LogP contribution in [0.1, 0.15) is 30.5 Å². The number of hydrogen-bond acceptors (Lipinski definition) is 4. The first-order valence-corrected chi connectivity index (χ1v) is 14.3. The second-order valence-electron chi connectivity index (χ2n) is 9.00. The number of hydrogen-bond donors (Lipinski definition) is 1. The number of nitrogens with zero attached hydrogens (tertiary/aromatic N) is 2. The van der Waals surface area contributed by atoms with E-state index in [4.69, 9.17) is 23.2 Å². The summed E-state index contributed by atoms with van der Waals surface area (Å²) in [5.74, 6) is -0.906. The lowest BCUT2D eigenvalue weighted by Crippen LogP contribution is -2.51. The summed E-state index contributed by atoms with van der Waals surface area (Å²) in [7, 11) is -4.11. The molecule has 2 amide bonds. The minimum absolute atomic E-state index is 0.0280. The van der Waals surface area contributed by atoms with Crippen LogP contribution in [0.3, 0.4) is 0 Å². The third kappa shape index (κ3) is 7.07. The molecule has 7 nitrogen and oxygen atoms in total. The molecular formula is C28H31Cl2N3O4S. The highest BCUT2D eigenvalue weighted by Gasteiger charge is 2.32. The van der Waals surface area contributed by atoms with E-state index in [9.17, 15) is 18.0 Å². The molecule has 0 saturated carbocycles. The van der Waals surface area contributed by atoms with Gasteiger partial charge in [-0.3, -0.25) is 13.9 Å². The minimum atomic E-state index is -4.11. The second kappa shape index (κ2) is 12.7. The summed E-state index contributed by atoms with van der Waals surface area (Å²) in [5.41, 5.74) is 2.74. The number of nitrogens with one attached hydrogen (secondary N) is 1. The Hall–Kier alpha value is -3.07. The molecule has 0 aliphatic carbocycles. The molecule has 0 saturated heterocycles. The van der Waals surface area contributed by atoms with Gasteiger partial charge in [0.05, 0.1) is 20.6 Å². The number of likely N-dealkylation sites (N-methyl/N-ethyl adjacent to an activating group) is 1. The highest BCUT2D eigenvalue weighted by atomic mass is 35.5. The van der Waals surface area contributed by atoms with E-state index in [2.05, 4.69) is 5.32 Å². The van der Waals surface area contributed by atoms with E-state index >= 15 is 0 Å². The molecule has 1 atom stereocenters. The Morgan fingerprint density at radius 1 is 0.921 bits per heavy atom. The largest absolute Gasteiger partial charge is 0.355 e. The minimum Gasteiger partial charge on any atom is -0.355 e. The predicted molar refractivity (Wildman–Crippen MR) is 152 cm³/mol. The van der Waals surface area contributed by atoms with E-state index in [1.54, 1.807) is 62.4 Å². The number of halogens is 2. The summed E-state index contributed by atoms with van der Waals surface area (Å²) in [5, 5.41) is 3.40.